The number of aromatic nitrogens is 1. The third kappa shape index (κ3) is 3.63. The number of aryl methyl sites for hydroxylation is 2. The maximum absolute atomic E-state index is 13.8. The Morgan fingerprint density at radius 1 is 1.04 bits per heavy atom. The number of hydrogen-bond acceptors (Lipinski definition) is 3. The van der Waals surface area contributed by atoms with E-state index in [0.29, 0.717) is 11.5 Å². The number of carbonyl (C=O) groups excluding carboxylic acids is 1. The summed E-state index contributed by atoms with van der Waals surface area (Å²) < 4.78 is 13.8. The highest BCUT2D eigenvalue weighted by atomic mass is 19.1. The van der Waals surface area contributed by atoms with Gasteiger partial charge in [-0.15, -0.1) is 0 Å². The summed E-state index contributed by atoms with van der Waals surface area (Å²) in [5.41, 5.74) is 4.04. The summed E-state index contributed by atoms with van der Waals surface area (Å²) >= 11 is 0. The molecular formula is C22H23FN2O3. The molecule has 5 nitrogen and oxygen atoms in total. The maximum Gasteiger partial charge on any atom is 0.340 e. The van der Waals surface area contributed by atoms with Crippen molar-refractivity contribution in [2.75, 3.05) is 5.32 Å². The Morgan fingerprint density at radius 2 is 1.68 bits per heavy atom. The number of amides is 1. The van der Waals surface area contributed by atoms with E-state index < -0.39 is 17.5 Å². The zero-order chi connectivity index (χ0) is 19.7. The number of nitrogens with one attached hydrogen (secondary N) is 1. The summed E-state index contributed by atoms with van der Waals surface area (Å²) in [4.78, 5) is 27.2. The fourth-order valence-corrected chi connectivity index (χ4v) is 4.55. The molecule has 0 unspecified atom stereocenters. The minimum atomic E-state index is -1.39. The molecule has 0 saturated carbocycles. The average Bonchev–Trinajstić information content (AvgIpc) is 2.99. The van der Waals surface area contributed by atoms with Gasteiger partial charge in [-0.05, 0) is 85.4 Å². The fraction of sp³-hybridized carbons (Fsp3) is 0.409. The van der Waals surface area contributed by atoms with Gasteiger partial charge in [0, 0.05) is 5.56 Å². The summed E-state index contributed by atoms with van der Waals surface area (Å²) in [6, 6.07) is 6.36. The highest BCUT2D eigenvalue weighted by Crippen LogP contribution is 2.39. The smallest absolute Gasteiger partial charge is 0.340 e. The first-order valence-corrected chi connectivity index (χ1v) is 9.90. The Kier molecular flexibility index (Phi) is 5.11. The van der Waals surface area contributed by atoms with Gasteiger partial charge in [0.15, 0.2) is 0 Å². The van der Waals surface area contributed by atoms with Crippen LogP contribution in [0.25, 0.3) is 0 Å². The quantitative estimate of drug-likeness (QED) is 0.754. The largest absolute Gasteiger partial charge is 0.478 e. The molecule has 2 N–H and O–H groups in total. The highest BCUT2D eigenvalue weighted by molar-refractivity contribution is 6.04. The average molecular weight is 382 g/mol. The van der Waals surface area contributed by atoms with Gasteiger partial charge in [-0.2, -0.15) is 4.39 Å². The van der Waals surface area contributed by atoms with Crippen LogP contribution in [0.5, 0.6) is 0 Å². The molecule has 0 atom stereocenters. The zero-order valence-electron chi connectivity index (χ0n) is 15.6. The third-order valence-electron chi connectivity index (χ3n) is 5.84. The standard InChI is InChI=1S/C22H23FN2O3/c23-20-17(22(27)28)9-10-18(24-20)25-21(26)16-11-14-7-3-1-5-13-6-2-4-8-15(12-16)19(13)14/h9-13H,1-8H2,(H,27,28)(H,24,25,26). The number of hydrogen-bond donors (Lipinski definition) is 2. The number of carbonyl (C=O) groups is 2. The first kappa shape index (κ1) is 18.6. The molecule has 4 rings (SSSR count). The molecule has 2 aromatic rings. The van der Waals surface area contributed by atoms with Crippen LogP contribution in [0.15, 0.2) is 24.3 Å². The van der Waals surface area contributed by atoms with E-state index in [1.807, 2.05) is 12.1 Å². The summed E-state index contributed by atoms with van der Waals surface area (Å²) in [6.45, 7) is 0. The summed E-state index contributed by atoms with van der Waals surface area (Å²) in [7, 11) is 0. The topological polar surface area (TPSA) is 79.3 Å². The van der Waals surface area contributed by atoms with Crippen LogP contribution in [0.4, 0.5) is 10.2 Å². The number of anilines is 1. The Morgan fingerprint density at radius 3 is 2.25 bits per heavy atom. The zero-order valence-corrected chi connectivity index (χ0v) is 15.6. The minimum absolute atomic E-state index is 0.00573. The lowest BCUT2D eigenvalue weighted by atomic mass is 9.86. The van der Waals surface area contributed by atoms with E-state index in [4.69, 9.17) is 5.11 Å². The summed E-state index contributed by atoms with van der Waals surface area (Å²) in [5, 5.41) is 11.5. The van der Waals surface area contributed by atoms with Gasteiger partial charge in [-0.25, -0.2) is 9.78 Å². The fourth-order valence-electron chi connectivity index (χ4n) is 4.55. The van der Waals surface area contributed by atoms with Crippen molar-refractivity contribution in [1.29, 1.82) is 0 Å². The predicted molar refractivity (Wildman–Crippen MR) is 103 cm³/mol. The number of aromatic carboxylic acids is 1. The number of benzene rings is 1. The van der Waals surface area contributed by atoms with Crippen molar-refractivity contribution in [2.45, 2.75) is 57.3 Å². The molecule has 0 saturated heterocycles. The van der Waals surface area contributed by atoms with E-state index in [2.05, 4.69) is 10.3 Å². The van der Waals surface area contributed by atoms with Crippen LogP contribution >= 0.6 is 0 Å². The molecule has 146 valence electrons. The molecule has 1 heterocycles. The van der Waals surface area contributed by atoms with Crippen LogP contribution in [-0.4, -0.2) is 22.0 Å². The number of nitrogens with zero attached hydrogens (tertiary/aromatic N) is 1. The molecular weight excluding hydrogens is 359 g/mol. The Hall–Kier alpha value is -2.76. The van der Waals surface area contributed by atoms with Gasteiger partial charge in [-0.3, -0.25) is 4.79 Å². The molecule has 0 spiro atoms. The van der Waals surface area contributed by atoms with E-state index in [1.54, 1.807) is 0 Å². The second kappa shape index (κ2) is 7.70. The van der Waals surface area contributed by atoms with Gasteiger partial charge in [0.2, 0.25) is 5.95 Å². The first-order valence-electron chi connectivity index (χ1n) is 9.90. The van der Waals surface area contributed by atoms with Crippen molar-refractivity contribution in [3.8, 4) is 0 Å². The van der Waals surface area contributed by atoms with Gasteiger partial charge in [0.05, 0.1) is 0 Å². The normalized spacial score (nSPS) is 16.6. The van der Waals surface area contributed by atoms with E-state index in [0.717, 1.165) is 31.7 Å². The van der Waals surface area contributed by atoms with Crippen LogP contribution in [0, 0.1) is 5.95 Å². The Bertz CT molecular complexity index is 908. The number of pyridine rings is 1. The van der Waals surface area contributed by atoms with Gasteiger partial charge in [0.1, 0.15) is 11.4 Å². The highest BCUT2D eigenvalue weighted by Gasteiger charge is 2.25. The van der Waals surface area contributed by atoms with E-state index >= 15 is 0 Å². The van der Waals surface area contributed by atoms with Gasteiger partial charge < -0.3 is 10.4 Å². The molecule has 0 fully saturated rings. The maximum atomic E-state index is 13.8. The van der Waals surface area contributed by atoms with Crippen molar-refractivity contribution in [2.24, 2.45) is 0 Å². The molecule has 0 bridgehead atoms. The van der Waals surface area contributed by atoms with Crippen LogP contribution in [0.1, 0.15) is 81.8 Å². The van der Waals surface area contributed by atoms with Crippen molar-refractivity contribution in [3.63, 3.8) is 0 Å². The van der Waals surface area contributed by atoms with Crippen LogP contribution in [-0.2, 0) is 12.8 Å². The van der Waals surface area contributed by atoms with Crippen LogP contribution in [0.3, 0.4) is 0 Å². The first-order chi connectivity index (χ1) is 13.5. The summed E-state index contributed by atoms with van der Waals surface area (Å²) in [6.07, 6.45) is 9.14. The second-order valence-electron chi connectivity index (χ2n) is 7.69. The van der Waals surface area contributed by atoms with E-state index in [1.165, 1.54) is 48.4 Å². The molecule has 6 heteroatoms. The molecule has 2 aliphatic carbocycles. The molecule has 28 heavy (non-hydrogen) atoms. The van der Waals surface area contributed by atoms with Crippen molar-refractivity contribution in [1.82, 2.24) is 4.98 Å². The number of rotatable bonds is 3. The molecule has 0 aliphatic heterocycles. The number of carboxylic acid groups (broad SMARTS) is 1. The Labute approximate surface area is 163 Å². The molecule has 0 radical (unpaired) electrons. The molecule has 1 aromatic carbocycles. The molecule has 1 amide bonds. The van der Waals surface area contributed by atoms with Gasteiger partial charge >= 0.3 is 5.97 Å². The predicted octanol–water partition coefficient (Wildman–Crippen LogP) is 4.71. The lowest BCUT2D eigenvalue weighted by Gasteiger charge is -2.19. The van der Waals surface area contributed by atoms with Crippen LogP contribution in [0.2, 0.25) is 0 Å². The lowest BCUT2D eigenvalue weighted by Crippen LogP contribution is -2.16. The van der Waals surface area contributed by atoms with Gasteiger partial charge in [0.25, 0.3) is 5.91 Å². The summed E-state index contributed by atoms with van der Waals surface area (Å²) in [5.74, 6) is -2.24. The van der Waals surface area contributed by atoms with Crippen molar-refractivity contribution >= 4 is 17.7 Å². The number of halogens is 1. The number of carboxylic acids is 1. The Balaban J connectivity index is 1.63. The SMILES string of the molecule is O=C(Nc1ccc(C(=O)O)c(F)n1)c1cc2c3c(c1)CCCCC3CCCC2. The monoisotopic (exact) mass is 382 g/mol. The van der Waals surface area contributed by atoms with Gasteiger partial charge in [-0.1, -0.05) is 12.8 Å². The third-order valence-corrected chi connectivity index (χ3v) is 5.84. The van der Waals surface area contributed by atoms with Crippen LogP contribution < -0.4 is 5.32 Å². The lowest BCUT2D eigenvalue weighted by molar-refractivity contribution is 0.0690. The molecule has 2 aliphatic rings. The minimum Gasteiger partial charge on any atom is -0.478 e. The van der Waals surface area contributed by atoms with E-state index in [9.17, 15) is 14.0 Å². The van der Waals surface area contributed by atoms with Crippen molar-refractivity contribution in [3.05, 3.63) is 58.0 Å². The van der Waals surface area contributed by atoms with E-state index in [-0.39, 0.29) is 11.7 Å². The second-order valence-corrected chi connectivity index (χ2v) is 7.69. The van der Waals surface area contributed by atoms with Crippen molar-refractivity contribution < 1.29 is 19.1 Å². The molecule has 1 aromatic heterocycles.